The molecule has 4 rings (SSSR count). The predicted molar refractivity (Wildman–Crippen MR) is 88.6 cm³/mol. The van der Waals surface area contributed by atoms with Gasteiger partial charge in [-0.25, -0.2) is 4.98 Å². The Balaban J connectivity index is 1.56. The minimum Gasteiger partial charge on any atom is -0.336 e. The van der Waals surface area contributed by atoms with E-state index in [0.717, 1.165) is 24.0 Å². The number of imidazole rings is 1. The molecule has 1 aliphatic heterocycles. The highest BCUT2D eigenvalue weighted by Gasteiger charge is 2.29. The molecule has 1 saturated heterocycles. The van der Waals surface area contributed by atoms with E-state index in [1.165, 1.54) is 11.3 Å². The first-order valence-electron chi connectivity index (χ1n) is 7.18. The van der Waals surface area contributed by atoms with Gasteiger partial charge in [0.1, 0.15) is 0 Å². The SMILES string of the molecule is O=C(c1ccc(Cl)s1)N1CC[C@H](n2cnc3ccccc32)C1. The van der Waals surface area contributed by atoms with Crippen molar-refractivity contribution in [1.29, 1.82) is 0 Å². The number of amides is 1. The molecule has 1 aromatic carbocycles. The van der Waals surface area contributed by atoms with Gasteiger partial charge in [0, 0.05) is 13.1 Å². The van der Waals surface area contributed by atoms with Gasteiger partial charge in [0.25, 0.3) is 5.91 Å². The maximum atomic E-state index is 12.5. The topological polar surface area (TPSA) is 38.1 Å². The number of halogens is 1. The number of para-hydroxylation sites is 2. The molecular formula is C16H14ClN3OS. The zero-order chi connectivity index (χ0) is 15.1. The fourth-order valence-electron chi connectivity index (χ4n) is 3.01. The fraction of sp³-hybridized carbons (Fsp3) is 0.250. The van der Waals surface area contributed by atoms with E-state index in [4.69, 9.17) is 11.6 Å². The summed E-state index contributed by atoms with van der Waals surface area (Å²) < 4.78 is 2.84. The molecule has 0 unspecified atom stereocenters. The fourth-order valence-corrected chi connectivity index (χ4v) is 4.02. The number of rotatable bonds is 2. The molecule has 112 valence electrons. The van der Waals surface area contributed by atoms with Crippen molar-refractivity contribution in [3.05, 3.63) is 51.9 Å². The number of likely N-dealkylation sites (tertiary alicyclic amines) is 1. The lowest BCUT2D eigenvalue weighted by Crippen LogP contribution is -2.28. The Morgan fingerprint density at radius 3 is 2.95 bits per heavy atom. The first-order chi connectivity index (χ1) is 10.7. The van der Waals surface area contributed by atoms with Crippen molar-refractivity contribution in [1.82, 2.24) is 14.5 Å². The number of carbonyl (C=O) groups is 1. The van der Waals surface area contributed by atoms with Crippen molar-refractivity contribution in [3.8, 4) is 0 Å². The van der Waals surface area contributed by atoms with Crippen molar-refractivity contribution >= 4 is 39.9 Å². The molecule has 0 bridgehead atoms. The van der Waals surface area contributed by atoms with E-state index in [0.29, 0.717) is 15.8 Å². The van der Waals surface area contributed by atoms with Crippen LogP contribution in [0.4, 0.5) is 0 Å². The monoisotopic (exact) mass is 331 g/mol. The third kappa shape index (κ3) is 2.30. The Morgan fingerprint density at radius 2 is 2.14 bits per heavy atom. The lowest BCUT2D eigenvalue weighted by molar-refractivity contribution is 0.0792. The quantitative estimate of drug-likeness (QED) is 0.715. The van der Waals surface area contributed by atoms with Crippen LogP contribution in [0.2, 0.25) is 4.34 Å². The number of carbonyl (C=O) groups excluding carboxylic acids is 1. The molecule has 1 aliphatic rings. The molecule has 1 atom stereocenters. The predicted octanol–water partition coefficient (Wildman–Crippen LogP) is 3.84. The summed E-state index contributed by atoms with van der Waals surface area (Å²) in [5.41, 5.74) is 2.12. The summed E-state index contributed by atoms with van der Waals surface area (Å²) in [5, 5.41) is 0. The van der Waals surface area contributed by atoms with Gasteiger partial charge in [-0.2, -0.15) is 0 Å². The van der Waals surface area contributed by atoms with Gasteiger partial charge < -0.3 is 9.47 Å². The van der Waals surface area contributed by atoms with Crippen LogP contribution >= 0.6 is 22.9 Å². The van der Waals surface area contributed by atoms with Crippen molar-refractivity contribution < 1.29 is 4.79 Å². The maximum Gasteiger partial charge on any atom is 0.264 e. The highest BCUT2D eigenvalue weighted by atomic mass is 35.5. The summed E-state index contributed by atoms with van der Waals surface area (Å²) in [6.45, 7) is 1.49. The van der Waals surface area contributed by atoms with Crippen molar-refractivity contribution in [2.75, 3.05) is 13.1 Å². The highest BCUT2D eigenvalue weighted by Crippen LogP contribution is 2.29. The van der Waals surface area contributed by atoms with Gasteiger partial charge in [-0.3, -0.25) is 4.79 Å². The molecule has 0 aliphatic carbocycles. The summed E-state index contributed by atoms with van der Waals surface area (Å²) in [6.07, 6.45) is 2.83. The number of thiophene rings is 1. The summed E-state index contributed by atoms with van der Waals surface area (Å²) in [6, 6.07) is 12.0. The van der Waals surface area contributed by atoms with Gasteiger partial charge in [0.05, 0.1) is 32.6 Å². The van der Waals surface area contributed by atoms with Gasteiger partial charge in [0.15, 0.2) is 0 Å². The van der Waals surface area contributed by atoms with Crippen LogP contribution < -0.4 is 0 Å². The van der Waals surface area contributed by atoms with E-state index >= 15 is 0 Å². The third-order valence-electron chi connectivity index (χ3n) is 4.11. The van der Waals surface area contributed by atoms with Gasteiger partial charge in [-0.05, 0) is 30.7 Å². The van der Waals surface area contributed by atoms with Crippen LogP contribution in [0.1, 0.15) is 22.1 Å². The van der Waals surface area contributed by atoms with Crippen LogP contribution in [0, 0.1) is 0 Å². The second kappa shape index (κ2) is 5.41. The Morgan fingerprint density at radius 1 is 1.27 bits per heavy atom. The van der Waals surface area contributed by atoms with Crippen molar-refractivity contribution in [2.24, 2.45) is 0 Å². The molecule has 1 amide bonds. The molecule has 0 radical (unpaired) electrons. The molecule has 3 heterocycles. The Kier molecular flexibility index (Phi) is 3.39. The molecule has 4 nitrogen and oxygen atoms in total. The largest absolute Gasteiger partial charge is 0.336 e. The molecular weight excluding hydrogens is 318 g/mol. The number of fused-ring (bicyclic) bond motifs is 1. The van der Waals surface area contributed by atoms with Crippen LogP contribution in [0.3, 0.4) is 0 Å². The van der Waals surface area contributed by atoms with Gasteiger partial charge in [0.2, 0.25) is 0 Å². The number of hydrogen-bond donors (Lipinski definition) is 0. The lowest BCUT2D eigenvalue weighted by atomic mass is 10.2. The zero-order valence-electron chi connectivity index (χ0n) is 11.8. The third-order valence-corrected chi connectivity index (χ3v) is 5.33. The second-order valence-corrected chi connectivity index (χ2v) is 7.15. The van der Waals surface area contributed by atoms with E-state index in [2.05, 4.69) is 15.6 Å². The average Bonchev–Trinajstić information content (AvgIpc) is 3.24. The molecule has 3 aromatic rings. The number of aromatic nitrogens is 2. The molecule has 0 spiro atoms. The summed E-state index contributed by atoms with van der Waals surface area (Å²) in [7, 11) is 0. The van der Waals surface area contributed by atoms with E-state index in [1.807, 2.05) is 29.4 Å². The van der Waals surface area contributed by atoms with E-state index in [-0.39, 0.29) is 11.9 Å². The zero-order valence-corrected chi connectivity index (χ0v) is 13.3. The number of nitrogens with zero attached hydrogens (tertiary/aromatic N) is 3. The summed E-state index contributed by atoms with van der Waals surface area (Å²) in [5.74, 6) is 0.0730. The second-order valence-electron chi connectivity index (χ2n) is 5.44. The lowest BCUT2D eigenvalue weighted by Gasteiger charge is -2.16. The van der Waals surface area contributed by atoms with Gasteiger partial charge in [-0.1, -0.05) is 23.7 Å². The van der Waals surface area contributed by atoms with Crippen LogP contribution in [-0.2, 0) is 0 Å². The van der Waals surface area contributed by atoms with Gasteiger partial charge in [-0.15, -0.1) is 11.3 Å². The highest BCUT2D eigenvalue weighted by molar-refractivity contribution is 7.17. The summed E-state index contributed by atoms with van der Waals surface area (Å²) in [4.78, 5) is 19.5. The molecule has 0 N–H and O–H groups in total. The van der Waals surface area contributed by atoms with Crippen LogP contribution in [0.5, 0.6) is 0 Å². The smallest absolute Gasteiger partial charge is 0.264 e. The standard InChI is InChI=1S/C16H14ClN3OS/c17-15-6-5-14(22-15)16(21)19-8-7-11(9-19)20-10-18-12-3-1-2-4-13(12)20/h1-6,10-11H,7-9H2/t11-/m0/s1. The molecule has 6 heteroatoms. The van der Waals surface area contributed by atoms with E-state index in [1.54, 1.807) is 12.1 Å². The van der Waals surface area contributed by atoms with Crippen LogP contribution in [0.25, 0.3) is 11.0 Å². The van der Waals surface area contributed by atoms with Crippen LogP contribution in [0.15, 0.2) is 42.7 Å². The first kappa shape index (κ1) is 13.8. The van der Waals surface area contributed by atoms with E-state index < -0.39 is 0 Å². The molecule has 1 fully saturated rings. The van der Waals surface area contributed by atoms with Gasteiger partial charge >= 0.3 is 0 Å². The van der Waals surface area contributed by atoms with Crippen molar-refractivity contribution in [2.45, 2.75) is 12.5 Å². The Bertz CT molecular complexity index is 841. The normalized spacial score (nSPS) is 18.2. The van der Waals surface area contributed by atoms with Crippen molar-refractivity contribution in [3.63, 3.8) is 0 Å². The van der Waals surface area contributed by atoms with E-state index in [9.17, 15) is 4.79 Å². The van der Waals surface area contributed by atoms with Crippen LogP contribution in [-0.4, -0.2) is 33.4 Å². The molecule has 22 heavy (non-hydrogen) atoms. The number of hydrogen-bond acceptors (Lipinski definition) is 3. The average molecular weight is 332 g/mol. The minimum atomic E-state index is 0.0730. The molecule has 0 saturated carbocycles. The number of benzene rings is 1. The first-order valence-corrected chi connectivity index (χ1v) is 8.38. The maximum absolute atomic E-state index is 12.5. The minimum absolute atomic E-state index is 0.0730. The Labute approximate surface area is 136 Å². The summed E-state index contributed by atoms with van der Waals surface area (Å²) >= 11 is 7.26. The Hall–Kier alpha value is -1.85. The molecule has 2 aromatic heterocycles.